The number of rotatable bonds is 8. The van der Waals surface area contributed by atoms with Crippen LogP contribution < -0.4 is 5.32 Å². The molecule has 2 aromatic rings. The van der Waals surface area contributed by atoms with Crippen molar-refractivity contribution in [1.29, 1.82) is 0 Å². The molecule has 1 amide bonds. The smallest absolute Gasteiger partial charge is 0.247 e. The summed E-state index contributed by atoms with van der Waals surface area (Å²) in [4.78, 5) is 13.8. The van der Waals surface area contributed by atoms with Gasteiger partial charge in [0.2, 0.25) is 17.7 Å². The predicted octanol–water partition coefficient (Wildman–Crippen LogP) is 1.74. The third kappa shape index (κ3) is 5.29. The van der Waals surface area contributed by atoms with Crippen LogP contribution in [0.5, 0.6) is 0 Å². The average Bonchev–Trinajstić information content (AvgIpc) is 2.99. The number of aromatic nitrogens is 2. The fourth-order valence-electron chi connectivity index (χ4n) is 1.98. The molecule has 0 unspecified atom stereocenters. The van der Waals surface area contributed by atoms with Crippen LogP contribution in [0.15, 0.2) is 34.7 Å². The number of carbonyl (C=O) groups is 1. The van der Waals surface area contributed by atoms with Crippen LogP contribution in [0.3, 0.4) is 0 Å². The largest absolute Gasteiger partial charge is 0.421 e. The minimum absolute atomic E-state index is 0.0122. The molecule has 1 N–H and O–H groups in total. The fraction of sp³-hybridized carbons (Fsp3) is 0.438. The highest BCUT2D eigenvalue weighted by Gasteiger charge is 2.10. The van der Waals surface area contributed by atoms with E-state index >= 15 is 0 Å². The van der Waals surface area contributed by atoms with Gasteiger partial charge in [-0.2, -0.15) is 0 Å². The Bertz CT molecular complexity index is 581. The molecular weight excluding hydrogens is 280 g/mol. The van der Waals surface area contributed by atoms with Gasteiger partial charge in [0.1, 0.15) is 0 Å². The van der Waals surface area contributed by atoms with E-state index in [0.717, 1.165) is 18.5 Å². The maximum Gasteiger partial charge on any atom is 0.247 e. The molecule has 0 aliphatic rings. The summed E-state index contributed by atoms with van der Waals surface area (Å²) in [6.45, 7) is 1.65. The molecule has 0 radical (unpaired) electrons. The molecule has 6 nitrogen and oxygen atoms in total. The van der Waals surface area contributed by atoms with E-state index in [2.05, 4.69) is 20.4 Å². The summed E-state index contributed by atoms with van der Waals surface area (Å²) in [5.41, 5.74) is 0.884. The fourth-order valence-corrected chi connectivity index (χ4v) is 1.98. The monoisotopic (exact) mass is 302 g/mol. The Kier molecular flexibility index (Phi) is 6.09. The van der Waals surface area contributed by atoms with Crippen LogP contribution in [-0.4, -0.2) is 48.2 Å². The van der Waals surface area contributed by atoms with Gasteiger partial charge in [-0.15, -0.1) is 10.2 Å². The van der Waals surface area contributed by atoms with Crippen molar-refractivity contribution in [3.63, 3.8) is 0 Å². The first-order chi connectivity index (χ1) is 10.6. The molecule has 0 aliphatic carbocycles. The molecule has 2 rings (SSSR count). The van der Waals surface area contributed by atoms with Gasteiger partial charge in [0.15, 0.2) is 0 Å². The number of amides is 1. The summed E-state index contributed by atoms with van der Waals surface area (Å²) in [6.07, 6.45) is 1.76. The van der Waals surface area contributed by atoms with Crippen molar-refractivity contribution < 1.29 is 9.21 Å². The zero-order chi connectivity index (χ0) is 15.8. The summed E-state index contributed by atoms with van der Waals surface area (Å²) in [5, 5.41) is 10.9. The Morgan fingerprint density at radius 3 is 2.73 bits per heavy atom. The van der Waals surface area contributed by atoms with Crippen LogP contribution in [0.2, 0.25) is 0 Å². The Labute approximate surface area is 130 Å². The highest BCUT2D eigenvalue weighted by atomic mass is 16.4. The van der Waals surface area contributed by atoms with Crippen LogP contribution in [0.1, 0.15) is 18.7 Å². The Balaban J connectivity index is 1.73. The van der Waals surface area contributed by atoms with Crippen molar-refractivity contribution in [1.82, 2.24) is 20.4 Å². The van der Waals surface area contributed by atoms with E-state index in [1.54, 1.807) is 0 Å². The van der Waals surface area contributed by atoms with Gasteiger partial charge in [0, 0.05) is 24.9 Å². The Morgan fingerprint density at radius 2 is 2.00 bits per heavy atom. The van der Waals surface area contributed by atoms with Gasteiger partial charge in [0.05, 0.1) is 0 Å². The summed E-state index contributed by atoms with van der Waals surface area (Å²) in [7, 11) is 4.03. The SMILES string of the molecule is CN(C)CCCNC(=O)CCc1nnc(-c2ccccc2)o1. The van der Waals surface area contributed by atoms with E-state index in [4.69, 9.17) is 4.42 Å². The maximum atomic E-state index is 11.7. The van der Waals surface area contributed by atoms with Crippen LogP contribution in [-0.2, 0) is 11.2 Å². The lowest BCUT2D eigenvalue weighted by molar-refractivity contribution is -0.121. The van der Waals surface area contributed by atoms with E-state index in [-0.39, 0.29) is 5.91 Å². The van der Waals surface area contributed by atoms with Gasteiger partial charge in [-0.3, -0.25) is 4.79 Å². The molecule has 22 heavy (non-hydrogen) atoms. The van der Waals surface area contributed by atoms with E-state index in [1.807, 2.05) is 44.4 Å². The highest BCUT2D eigenvalue weighted by molar-refractivity contribution is 5.75. The third-order valence-electron chi connectivity index (χ3n) is 3.16. The van der Waals surface area contributed by atoms with Crippen molar-refractivity contribution in [3.05, 3.63) is 36.2 Å². The van der Waals surface area contributed by atoms with Crippen molar-refractivity contribution >= 4 is 5.91 Å². The second kappa shape index (κ2) is 8.29. The lowest BCUT2D eigenvalue weighted by Gasteiger charge is -2.09. The van der Waals surface area contributed by atoms with Crippen LogP contribution in [0, 0.1) is 0 Å². The average molecular weight is 302 g/mol. The number of hydrogen-bond donors (Lipinski definition) is 1. The van der Waals surface area contributed by atoms with Gasteiger partial charge in [0.25, 0.3) is 0 Å². The quantitative estimate of drug-likeness (QED) is 0.752. The summed E-state index contributed by atoms with van der Waals surface area (Å²) in [6, 6.07) is 9.59. The number of aryl methyl sites for hydroxylation is 1. The predicted molar refractivity (Wildman–Crippen MR) is 84.2 cm³/mol. The van der Waals surface area contributed by atoms with Crippen molar-refractivity contribution in [3.8, 4) is 11.5 Å². The van der Waals surface area contributed by atoms with Crippen molar-refractivity contribution in [2.45, 2.75) is 19.3 Å². The normalized spacial score (nSPS) is 10.9. The molecule has 1 heterocycles. The van der Waals surface area contributed by atoms with E-state index in [9.17, 15) is 4.79 Å². The first-order valence-electron chi connectivity index (χ1n) is 7.44. The topological polar surface area (TPSA) is 71.3 Å². The standard InChI is InChI=1S/C16H22N4O2/c1-20(2)12-6-11-17-14(21)9-10-15-18-19-16(22-15)13-7-4-3-5-8-13/h3-5,7-8H,6,9-12H2,1-2H3,(H,17,21). The number of carbonyl (C=O) groups excluding carboxylic acids is 1. The van der Waals surface area contributed by atoms with E-state index in [1.165, 1.54) is 0 Å². The lowest BCUT2D eigenvalue weighted by atomic mass is 10.2. The van der Waals surface area contributed by atoms with Gasteiger partial charge < -0.3 is 14.6 Å². The molecule has 0 bridgehead atoms. The number of hydrogen-bond acceptors (Lipinski definition) is 5. The minimum atomic E-state index is 0.0122. The number of nitrogens with one attached hydrogen (secondary N) is 1. The lowest BCUT2D eigenvalue weighted by Crippen LogP contribution is -2.27. The third-order valence-corrected chi connectivity index (χ3v) is 3.16. The molecule has 118 valence electrons. The molecule has 0 aliphatic heterocycles. The van der Waals surface area contributed by atoms with Gasteiger partial charge in [-0.25, -0.2) is 0 Å². The molecule has 1 aromatic heterocycles. The zero-order valence-electron chi connectivity index (χ0n) is 13.1. The van der Waals surface area contributed by atoms with Crippen LogP contribution >= 0.6 is 0 Å². The van der Waals surface area contributed by atoms with E-state index in [0.29, 0.717) is 31.2 Å². The summed E-state index contributed by atoms with van der Waals surface area (Å²) < 4.78 is 5.57. The summed E-state index contributed by atoms with van der Waals surface area (Å²) in [5.74, 6) is 0.988. The maximum absolute atomic E-state index is 11.7. The highest BCUT2D eigenvalue weighted by Crippen LogP contribution is 2.17. The molecule has 0 atom stereocenters. The molecule has 0 saturated heterocycles. The minimum Gasteiger partial charge on any atom is -0.421 e. The van der Waals surface area contributed by atoms with Crippen molar-refractivity contribution in [2.24, 2.45) is 0 Å². The van der Waals surface area contributed by atoms with Gasteiger partial charge in [-0.1, -0.05) is 18.2 Å². The molecule has 0 fully saturated rings. The number of benzene rings is 1. The molecule has 6 heteroatoms. The molecule has 0 spiro atoms. The second-order valence-corrected chi connectivity index (χ2v) is 5.37. The molecular formula is C16H22N4O2. The van der Waals surface area contributed by atoms with Gasteiger partial charge >= 0.3 is 0 Å². The van der Waals surface area contributed by atoms with Crippen molar-refractivity contribution in [2.75, 3.05) is 27.2 Å². The second-order valence-electron chi connectivity index (χ2n) is 5.37. The molecule has 1 aromatic carbocycles. The van der Waals surface area contributed by atoms with Crippen LogP contribution in [0.4, 0.5) is 0 Å². The zero-order valence-corrected chi connectivity index (χ0v) is 13.1. The summed E-state index contributed by atoms with van der Waals surface area (Å²) >= 11 is 0. The van der Waals surface area contributed by atoms with Gasteiger partial charge in [-0.05, 0) is 39.2 Å². The van der Waals surface area contributed by atoms with Crippen LogP contribution in [0.25, 0.3) is 11.5 Å². The number of nitrogens with zero attached hydrogens (tertiary/aromatic N) is 3. The molecule has 0 saturated carbocycles. The Morgan fingerprint density at radius 1 is 1.23 bits per heavy atom. The first-order valence-corrected chi connectivity index (χ1v) is 7.44. The first kappa shape index (κ1) is 16.2. The Hall–Kier alpha value is -2.21. The van der Waals surface area contributed by atoms with E-state index < -0.39 is 0 Å².